The lowest BCUT2D eigenvalue weighted by Crippen LogP contribution is -2.02. The van der Waals surface area contributed by atoms with Crippen molar-refractivity contribution in [2.75, 3.05) is 0 Å². The fourth-order valence-corrected chi connectivity index (χ4v) is 1.77. The molecule has 0 fully saturated rings. The van der Waals surface area contributed by atoms with E-state index in [-0.39, 0.29) is 0 Å². The number of hydrogen-bond donors (Lipinski definition) is 0. The third-order valence-corrected chi connectivity index (χ3v) is 2.94. The SMILES string of the molecule is CCc1nc(-c2ccnn2C)nc(Cl)c1C. The lowest BCUT2D eigenvalue weighted by molar-refractivity contribution is 0.768. The van der Waals surface area contributed by atoms with Crippen LogP contribution < -0.4 is 0 Å². The van der Waals surface area contributed by atoms with Gasteiger partial charge in [0.15, 0.2) is 5.82 Å². The third-order valence-electron chi connectivity index (χ3n) is 2.57. The van der Waals surface area contributed by atoms with E-state index in [1.54, 1.807) is 10.9 Å². The summed E-state index contributed by atoms with van der Waals surface area (Å²) in [4.78, 5) is 8.78. The van der Waals surface area contributed by atoms with Crippen LogP contribution in [0.3, 0.4) is 0 Å². The minimum absolute atomic E-state index is 0.517. The molecule has 2 aromatic rings. The normalized spacial score (nSPS) is 10.8. The van der Waals surface area contributed by atoms with Crippen LogP contribution in [-0.2, 0) is 13.5 Å². The maximum absolute atomic E-state index is 6.09. The summed E-state index contributed by atoms with van der Waals surface area (Å²) < 4.78 is 1.74. The first kappa shape index (κ1) is 11.1. The van der Waals surface area contributed by atoms with Gasteiger partial charge in [-0.15, -0.1) is 0 Å². The molecule has 0 aromatic carbocycles. The summed E-state index contributed by atoms with van der Waals surface area (Å²) in [6, 6.07) is 1.88. The lowest BCUT2D eigenvalue weighted by atomic mass is 10.2. The summed E-state index contributed by atoms with van der Waals surface area (Å²) in [5, 5.41) is 4.61. The first-order chi connectivity index (χ1) is 7.63. The van der Waals surface area contributed by atoms with Gasteiger partial charge in [0.1, 0.15) is 10.8 Å². The zero-order chi connectivity index (χ0) is 11.7. The second kappa shape index (κ2) is 4.22. The summed E-state index contributed by atoms with van der Waals surface area (Å²) in [5.41, 5.74) is 2.81. The number of hydrogen-bond acceptors (Lipinski definition) is 3. The van der Waals surface area contributed by atoms with Gasteiger partial charge in [-0.1, -0.05) is 18.5 Å². The largest absolute Gasteiger partial charge is 0.265 e. The Morgan fingerprint density at radius 1 is 1.38 bits per heavy atom. The van der Waals surface area contributed by atoms with E-state index in [1.165, 1.54) is 0 Å². The molecule has 0 aliphatic heterocycles. The van der Waals surface area contributed by atoms with Gasteiger partial charge in [-0.05, 0) is 19.4 Å². The molecule has 2 aromatic heterocycles. The molecule has 2 heterocycles. The average molecular weight is 237 g/mol. The van der Waals surface area contributed by atoms with Crippen molar-refractivity contribution in [3.63, 3.8) is 0 Å². The minimum atomic E-state index is 0.517. The van der Waals surface area contributed by atoms with Gasteiger partial charge in [-0.25, -0.2) is 9.97 Å². The van der Waals surface area contributed by atoms with Crippen LogP contribution >= 0.6 is 11.6 Å². The Labute approximate surface area is 99.3 Å². The van der Waals surface area contributed by atoms with Crippen molar-refractivity contribution in [3.8, 4) is 11.5 Å². The van der Waals surface area contributed by atoms with E-state index < -0.39 is 0 Å². The fourth-order valence-electron chi connectivity index (χ4n) is 1.58. The van der Waals surface area contributed by atoms with Crippen molar-refractivity contribution in [2.24, 2.45) is 7.05 Å². The van der Waals surface area contributed by atoms with Crippen LogP contribution in [-0.4, -0.2) is 19.7 Å². The molecule has 2 rings (SSSR count). The Kier molecular flexibility index (Phi) is 2.92. The number of aryl methyl sites for hydroxylation is 2. The van der Waals surface area contributed by atoms with Gasteiger partial charge in [-0.3, -0.25) is 4.68 Å². The zero-order valence-electron chi connectivity index (χ0n) is 9.53. The molecule has 84 valence electrons. The molecular formula is C11H13ClN4. The Morgan fingerprint density at radius 3 is 2.69 bits per heavy atom. The van der Waals surface area contributed by atoms with Crippen molar-refractivity contribution >= 4 is 11.6 Å². The topological polar surface area (TPSA) is 43.6 Å². The number of nitrogens with zero attached hydrogens (tertiary/aromatic N) is 4. The summed E-state index contributed by atoms with van der Waals surface area (Å²) >= 11 is 6.09. The van der Waals surface area contributed by atoms with Crippen molar-refractivity contribution in [1.29, 1.82) is 0 Å². The van der Waals surface area contributed by atoms with Gasteiger partial charge < -0.3 is 0 Å². The number of halogens is 1. The van der Waals surface area contributed by atoms with Crippen LogP contribution in [0.25, 0.3) is 11.5 Å². The molecular weight excluding hydrogens is 224 g/mol. The fraction of sp³-hybridized carbons (Fsp3) is 0.364. The van der Waals surface area contributed by atoms with Crippen LogP contribution in [0.5, 0.6) is 0 Å². The highest BCUT2D eigenvalue weighted by Gasteiger charge is 2.11. The third kappa shape index (κ3) is 1.80. The molecule has 0 amide bonds. The Hall–Kier alpha value is -1.42. The van der Waals surface area contributed by atoms with Crippen LogP contribution in [0.2, 0.25) is 5.15 Å². The van der Waals surface area contributed by atoms with E-state index in [9.17, 15) is 0 Å². The monoisotopic (exact) mass is 236 g/mol. The molecule has 0 N–H and O–H groups in total. The van der Waals surface area contributed by atoms with E-state index in [0.717, 1.165) is 23.4 Å². The molecule has 4 nitrogen and oxygen atoms in total. The minimum Gasteiger partial charge on any atom is -0.265 e. The van der Waals surface area contributed by atoms with Crippen molar-refractivity contribution < 1.29 is 0 Å². The van der Waals surface area contributed by atoms with E-state index in [4.69, 9.17) is 11.6 Å². The second-order valence-electron chi connectivity index (χ2n) is 3.60. The second-order valence-corrected chi connectivity index (χ2v) is 3.96. The average Bonchev–Trinajstić information content (AvgIpc) is 2.68. The quantitative estimate of drug-likeness (QED) is 0.752. The molecule has 0 aliphatic carbocycles. The maximum atomic E-state index is 6.09. The summed E-state index contributed by atoms with van der Waals surface area (Å²) in [5.74, 6) is 0.632. The Balaban J connectivity index is 2.59. The van der Waals surface area contributed by atoms with Crippen molar-refractivity contribution in [2.45, 2.75) is 20.3 Å². The highest BCUT2D eigenvalue weighted by atomic mass is 35.5. The lowest BCUT2D eigenvalue weighted by Gasteiger charge is -2.07. The molecule has 0 atom stereocenters. The predicted octanol–water partition coefficient (Wildman–Crippen LogP) is 2.40. The molecule has 0 aliphatic rings. The number of aromatic nitrogens is 4. The Bertz CT molecular complexity index is 519. The van der Waals surface area contributed by atoms with Crippen LogP contribution in [0.1, 0.15) is 18.2 Å². The number of rotatable bonds is 2. The molecule has 16 heavy (non-hydrogen) atoms. The van der Waals surface area contributed by atoms with Gasteiger partial charge in [0.2, 0.25) is 0 Å². The first-order valence-corrected chi connectivity index (χ1v) is 5.52. The standard InChI is InChI=1S/C11H13ClN4/c1-4-8-7(2)10(12)15-11(14-8)9-5-6-13-16(9)3/h5-6H,4H2,1-3H3. The summed E-state index contributed by atoms with van der Waals surface area (Å²) in [6.07, 6.45) is 2.57. The van der Waals surface area contributed by atoms with E-state index in [1.807, 2.05) is 20.0 Å². The van der Waals surface area contributed by atoms with E-state index in [2.05, 4.69) is 22.0 Å². The van der Waals surface area contributed by atoms with Gasteiger partial charge in [0.25, 0.3) is 0 Å². The highest BCUT2D eigenvalue weighted by Crippen LogP contribution is 2.21. The summed E-state index contributed by atoms with van der Waals surface area (Å²) in [7, 11) is 1.86. The van der Waals surface area contributed by atoms with Gasteiger partial charge >= 0.3 is 0 Å². The molecule has 0 spiro atoms. The molecule has 0 unspecified atom stereocenters. The smallest absolute Gasteiger partial charge is 0.179 e. The zero-order valence-corrected chi connectivity index (χ0v) is 10.3. The Morgan fingerprint density at radius 2 is 2.12 bits per heavy atom. The first-order valence-electron chi connectivity index (χ1n) is 5.15. The van der Waals surface area contributed by atoms with Gasteiger partial charge in [0.05, 0.1) is 0 Å². The van der Waals surface area contributed by atoms with Crippen LogP contribution in [0.4, 0.5) is 0 Å². The van der Waals surface area contributed by atoms with Crippen molar-refractivity contribution in [1.82, 2.24) is 19.7 Å². The van der Waals surface area contributed by atoms with Gasteiger partial charge in [-0.2, -0.15) is 5.10 Å². The van der Waals surface area contributed by atoms with Crippen LogP contribution in [0, 0.1) is 6.92 Å². The van der Waals surface area contributed by atoms with Crippen LogP contribution in [0.15, 0.2) is 12.3 Å². The molecule has 0 radical (unpaired) electrons. The van der Waals surface area contributed by atoms with Gasteiger partial charge in [0, 0.05) is 24.5 Å². The molecule has 0 bridgehead atoms. The maximum Gasteiger partial charge on any atom is 0.179 e. The summed E-state index contributed by atoms with van der Waals surface area (Å²) in [6.45, 7) is 3.99. The molecule has 0 saturated carbocycles. The highest BCUT2D eigenvalue weighted by molar-refractivity contribution is 6.30. The van der Waals surface area contributed by atoms with E-state index >= 15 is 0 Å². The molecule has 0 saturated heterocycles. The molecule has 5 heteroatoms. The van der Waals surface area contributed by atoms with E-state index in [0.29, 0.717) is 11.0 Å². The van der Waals surface area contributed by atoms with Crippen molar-refractivity contribution in [3.05, 3.63) is 28.7 Å². The predicted molar refractivity (Wildman–Crippen MR) is 63.4 cm³/mol.